The highest BCUT2D eigenvalue weighted by atomic mass is 35.5. The number of benzene rings is 1. The normalized spacial score (nSPS) is 20.8. The van der Waals surface area contributed by atoms with Gasteiger partial charge in [-0.15, -0.1) is 0 Å². The third-order valence-corrected chi connectivity index (χ3v) is 2.97. The molecule has 0 spiro atoms. The maximum absolute atomic E-state index is 13.1. The summed E-state index contributed by atoms with van der Waals surface area (Å²) in [6.07, 6.45) is 1.01. The van der Waals surface area contributed by atoms with E-state index in [0.29, 0.717) is 12.6 Å². The molecular formula is C11H13ClFNO. The molecule has 0 saturated carbocycles. The molecule has 15 heavy (non-hydrogen) atoms. The van der Waals surface area contributed by atoms with Gasteiger partial charge in [0.1, 0.15) is 5.82 Å². The van der Waals surface area contributed by atoms with Crippen LogP contribution in [0, 0.1) is 5.82 Å². The second kappa shape index (κ2) is 4.92. The summed E-state index contributed by atoms with van der Waals surface area (Å²) >= 11 is 5.83. The predicted molar refractivity (Wildman–Crippen MR) is 57.5 cm³/mol. The molecule has 4 heteroatoms. The Bertz CT molecular complexity index is 339. The van der Waals surface area contributed by atoms with Crippen molar-refractivity contribution in [2.24, 2.45) is 0 Å². The van der Waals surface area contributed by atoms with Gasteiger partial charge in [0.15, 0.2) is 0 Å². The molecule has 1 aliphatic heterocycles. The van der Waals surface area contributed by atoms with Gasteiger partial charge in [-0.1, -0.05) is 23.7 Å². The number of halogens is 2. The molecule has 0 amide bonds. The minimum Gasteiger partial charge on any atom is -0.380 e. The lowest BCUT2D eigenvalue weighted by Gasteiger charge is -2.11. The molecule has 1 aliphatic rings. The summed E-state index contributed by atoms with van der Waals surface area (Å²) in [5, 5.41) is 3.50. The van der Waals surface area contributed by atoms with E-state index in [-0.39, 0.29) is 10.8 Å². The Kier molecular flexibility index (Phi) is 3.57. The van der Waals surface area contributed by atoms with E-state index in [9.17, 15) is 4.39 Å². The van der Waals surface area contributed by atoms with E-state index in [1.165, 1.54) is 6.07 Å². The van der Waals surface area contributed by atoms with Crippen LogP contribution in [0.4, 0.5) is 4.39 Å². The first-order valence-corrected chi connectivity index (χ1v) is 5.39. The van der Waals surface area contributed by atoms with E-state index >= 15 is 0 Å². The quantitative estimate of drug-likeness (QED) is 0.859. The van der Waals surface area contributed by atoms with Gasteiger partial charge in [-0.3, -0.25) is 0 Å². The number of hydrogen-bond acceptors (Lipinski definition) is 2. The van der Waals surface area contributed by atoms with Crippen molar-refractivity contribution >= 4 is 11.6 Å². The van der Waals surface area contributed by atoms with E-state index in [2.05, 4.69) is 5.32 Å². The summed E-state index contributed by atoms with van der Waals surface area (Å²) in [4.78, 5) is 0. The predicted octanol–water partition coefficient (Wildman–Crippen LogP) is 2.36. The first-order chi connectivity index (χ1) is 7.27. The molecule has 1 saturated heterocycles. The average Bonchev–Trinajstić information content (AvgIpc) is 2.73. The Morgan fingerprint density at radius 1 is 1.53 bits per heavy atom. The molecular weight excluding hydrogens is 217 g/mol. The Morgan fingerprint density at radius 2 is 2.40 bits per heavy atom. The molecule has 0 aromatic heterocycles. The number of ether oxygens (including phenoxy) is 1. The Hall–Kier alpha value is -0.640. The first kappa shape index (κ1) is 10.9. The molecule has 0 bridgehead atoms. The highest BCUT2D eigenvalue weighted by Gasteiger charge is 2.15. The highest BCUT2D eigenvalue weighted by molar-refractivity contribution is 6.31. The molecule has 1 aromatic rings. The summed E-state index contributed by atoms with van der Waals surface area (Å²) < 4.78 is 18.3. The van der Waals surface area contributed by atoms with Gasteiger partial charge in [0.25, 0.3) is 0 Å². The lowest BCUT2D eigenvalue weighted by atomic mass is 10.2. The van der Waals surface area contributed by atoms with Crippen LogP contribution in [-0.4, -0.2) is 19.3 Å². The monoisotopic (exact) mass is 229 g/mol. The second-order valence-corrected chi connectivity index (χ2v) is 4.03. The minimum atomic E-state index is -0.362. The van der Waals surface area contributed by atoms with Crippen LogP contribution in [0.1, 0.15) is 12.0 Å². The summed E-state index contributed by atoms with van der Waals surface area (Å²) in [6.45, 7) is 2.12. The van der Waals surface area contributed by atoms with Crippen molar-refractivity contribution in [2.75, 3.05) is 13.2 Å². The molecule has 0 aliphatic carbocycles. The van der Waals surface area contributed by atoms with Crippen LogP contribution in [0.2, 0.25) is 5.02 Å². The van der Waals surface area contributed by atoms with Crippen LogP contribution in [0.3, 0.4) is 0 Å². The molecule has 1 atom stereocenters. The zero-order chi connectivity index (χ0) is 10.7. The summed E-state index contributed by atoms with van der Waals surface area (Å²) in [6, 6.07) is 5.23. The van der Waals surface area contributed by atoms with Crippen molar-refractivity contribution in [2.45, 2.75) is 19.0 Å². The van der Waals surface area contributed by atoms with E-state index in [1.807, 2.05) is 6.07 Å². The van der Waals surface area contributed by atoms with Crippen molar-refractivity contribution in [3.05, 3.63) is 34.6 Å². The maximum Gasteiger partial charge on any atom is 0.142 e. The van der Waals surface area contributed by atoms with Gasteiger partial charge < -0.3 is 10.1 Å². The average molecular weight is 230 g/mol. The van der Waals surface area contributed by atoms with Crippen LogP contribution in [0.5, 0.6) is 0 Å². The lowest BCUT2D eigenvalue weighted by molar-refractivity contribution is 0.190. The van der Waals surface area contributed by atoms with E-state index in [0.717, 1.165) is 25.2 Å². The molecule has 2 nitrogen and oxygen atoms in total. The molecule has 1 heterocycles. The molecule has 82 valence electrons. The largest absolute Gasteiger partial charge is 0.380 e. The Balaban J connectivity index is 1.95. The Morgan fingerprint density at radius 3 is 3.13 bits per heavy atom. The number of rotatable bonds is 3. The fourth-order valence-corrected chi connectivity index (χ4v) is 1.83. The third kappa shape index (κ3) is 2.68. The van der Waals surface area contributed by atoms with Crippen LogP contribution < -0.4 is 5.32 Å². The fourth-order valence-electron chi connectivity index (χ4n) is 1.63. The van der Waals surface area contributed by atoms with Crippen molar-refractivity contribution in [3.8, 4) is 0 Å². The zero-order valence-electron chi connectivity index (χ0n) is 8.30. The number of hydrogen-bond donors (Lipinski definition) is 1. The third-order valence-electron chi connectivity index (χ3n) is 2.54. The molecule has 2 rings (SSSR count). The van der Waals surface area contributed by atoms with E-state index in [1.54, 1.807) is 6.07 Å². The van der Waals surface area contributed by atoms with Gasteiger partial charge in [-0.2, -0.15) is 0 Å². The lowest BCUT2D eigenvalue weighted by Crippen LogP contribution is -2.28. The highest BCUT2D eigenvalue weighted by Crippen LogP contribution is 2.19. The van der Waals surface area contributed by atoms with Gasteiger partial charge in [0.05, 0.1) is 11.6 Å². The maximum atomic E-state index is 13.1. The molecule has 1 aromatic carbocycles. The fraction of sp³-hybridized carbons (Fsp3) is 0.455. The standard InChI is InChI=1S/C11H13ClFNO/c12-11-8(2-1-3-10(11)13)6-14-9-4-5-15-7-9/h1-3,9,14H,4-7H2. The van der Waals surface area contributed by atoms with Crippen LogP contribution in [-0.2, 0) is 11.3 Å². The second-order valence-electron chi connectivity index (χ2n) is 3.65. The van der Waals surface area contributed by atoms with Gasteiger partial charge in [-0.25, -0.2) is 4.39 Å². The zero-order valence-corrected chi connectivity index (χ0v) is 9.06. The molecule has 1 unspecified atom stereocenters. The van der Waals surface area contributed by atoms with Crippen molar-refractivity contribution in [1.29, 1.82) is 0 Å². The first-order valence-electron chi connectivity index (χ1n) is 5.01. The summed E-state index contributed by atoms with van der Waals surface area (Å²) in [7, 11) is 0. The molecule has 0 radical (unpaired) electrons. The van der Waals surface area contributed by atoms with Crippen molar-refractivity contribution in [3.63, 3.8) is 0 Å². The summed E-state index contributed by atoms with van der Waals surface area (Å²) in [5.41, 5.74) is 0.795. The van der Waals surface area contributed by atoms with Crippen LogP contribution in [0.15, 0.2) is 18.2 Å². The molecule has 1 N–H and O–H groups in total. The van der Waals surface area contributed by atoms with Gasteiger partial charge >= 0.3 is 0 Å². The number of nitrogens with one attached hydrogen (secondary N) is 1. The topological polar surface area (TPSA) is 21.3 Å². The van der Waals surface area contributed by atoms with Gasteiger partial charge in [-0.05, 0) is 18.1 Å². The summed E-state index contributed by atoms with van der Waals surface area (Å²) in [5.74, 6) is -0.362. The van der Waals surface area contributed by atoms with Crippen molar-refractivity contribution < 1.29 is 9.13 Å². The smallest absolute Gasteiger partial charge is 0.142 e. The Labute approximate surface area is 93.4 Å². The van der Waals surface area contributed by atoms with Crippen molar-refractivity contribution in [1.82, 2.24) is 5.32 Å². The van der Waals surface area contributed by atoms with E-state index in [4.69, 9.17) is 16.3 Å². The van der Waals surface area contributed by atoms with Gasteiger partial charge in [0.2, 0.25) is 0 Å². The van der Waals surface area contributed by atoms with Gasteiger partial charge in [0, 0.05) is 19.2 Å². The molecule has 1 fully saturated rings. The minimum absolute atomic E-state index is 0.212. The van der Waals surface area contributed by atoms with Crippen LogP contribution >= 0.6 is 11.6 Å². The van der Waals surface area contributed by atoms with E-state index < -0.39 is 0 Å². The SMILES string of the molecule is Fc1cccc(CNC2CCOC2)c1Cl. The van der Waals surface area contributed by atoms with Crippen LogP contribution in [0.25, 0.3) is 0 Å².